The van der Waals surface area contributed by atoms with Crippen LogP contribution in [0, 0.1) is 0 Å². The Kier molecular flexibility index (Phi) is 5.69. The van der Waals surface area contributed by atoms with Gasteiger partial charge in [-0.25, -0.2) is 0 Å². The molecule has 21 heavy (non-hydrogen) atoms. The predicted molar refractivity (Wildman–Crippen MR) is 85.7 cm³/mol. The average molecular weight is 283 g/mol. The van der Waals surface area contributed by atoms with Gasteiger partial charge in [0, 0.05) is 6.54 Å². The molecule has 3 heteroatoms. The molecule has 0 saturated heterocycles. The fourth-order valence-electron chi connectivity index (χ4n) is 2.02. The van der Waals surface area contributed by atoms with Crippen molar-refractivity contribution in [2.24, 2.45) is 0 Å². The number of aliphatic hydroxyl groups is 2. The number of hydrogen-bond donors (Lipinski definition) is 3. The van der Waals surface area contributed by atoms with Gasteiger partial charge in [0.1, 0.15) is 0 Å². The lowest BCUT2D eigenvalue weighted by atomic mass is 9.99. The van der Waals surface area contributed by atoms with Gasteiger partial charge < -0.3 is 10.2 Å². The summed E-state index contributed by atoms with van der Waals surface area (Å²) in [5, 5.41) is 22.5. The van der Waals surface area contributed by atoms with Crippen LogP contribution in [-0.4, -0.2) is 29.0 Å². The highest BCUT2D eigenvalue weighted by molar-refractivity contribution is 5.50. The van der Waals surface area contributed by atoms with Crippen molar-refractivity contribution < 1.29 is 10.2 Å². The highest BCUT2D eigenvalue weighted by Gasteiger charge is 2.24. The van der Waals surface area contributed by atoms with Crippen molar-refractivity contribution in [3.8, 4) is 0 Å². The molecule has 0 heterocycles. The van der Waals surface area contributed by atoms with E-state index in [-0.39, 0.29) is 13.2 Å². The quantitative estimate of drug-likeness (QED) is 0.730. The van der Waals surface area contributed by atoms with Gasteiger partial charge in [0.05, 0.1) is 18.8 Å². The second-order valence-corrected chi connectivity index (χ2v) is 5.06. The maximum atomic E-state index is 9.66. The van der Waals surface area contributed by atoms with Gasteiger partial charge in [0.25, 0.3) is 0 Å². The molecule has 0 radical (unpaired) electrons. The third-order valence-electron chi connectivity index (χ3n) is 3.45. The van der Waals surface area contributed by atoms with Crippen LogP contribution in [0.15, 0.2) is 66.7 Å². The third kappa shape index (κ3) is 4.53. The van der Waals surface area contributed by atoms with Crippen LogP contribution < -0.4 is 5.32 Å². The summed E-state index contributed by atoms with van der Waals surface area (Å²) >= 11 is 0. The fraction of sp³-hybridized carbons (Fsp3) is 0.222. The maximum Gasteiger partial charge on any atom is 0.0839 e. The molecule has 0 saturated carbocycles. The maximum absolute atomic E-state index is 9.66. The van der Waals surface area contributed by atoms with Crippen molar-refractivity contribution in [3.63, 3.8) is 0 Å². The molecule has 0 spiro atoms. The topological polar surface area (TPSA) is 52.5 Å². The second-order valence-electron chi connectivity index (χ2n) is 5.06. The van der Waals surface area contributed by atoms with Crippen LogP contribution in [0.1, 0.15) is 11.1 Å². The molecule has 2 aromatic rings. The molecule has 110 valence electrons. The van der Waals surface area contributed by atoms with Gasteiger partial charge >= 0.3 is 0 Å². The predicted octanol–water partition coefficient (Wildman–Crippen LogP) is 2.21. The molecular weight excluding hydrogens is 262 g/mol. The number of benzene rings is 2. The molecule has 3 nitrogen and oxygen atoms in total. The first-order valence-corrected chi connectivity index (χ1v) is 7.03. The second kappa shape index (κ2) is 7.74. The van der Waals surface area contributed by atoms with E-state index in [0.29, 0.717) is 6.54 Å². The Morgan fingerprint density at radius 1 is 0.857 bits per heavy atom. The minimum Gasteiger partial charge on any atom is -0.394 e. The first-order valence-electron chi connectivity index (χ1n) is 7.03. The lowest BCUT2D eigenvalue weighted by Crippen LogP contribution is -2.49. The molecule has 3 N–H and O–H groups in total. The normalized spacial score (nSPS) is 11.9. The van der Waals surface area contributed by atoms with Crippen LogP contribution >= 0.6 is 0 Å². The highest BCUT2D eigenvalue weighted by Crippen LogP contribution is 2.11. The van der Waals surface area contributed by atoms with Gasteiger partial charge in [-0.1, -0.05) is 72.8 Å². The summed E-state index contributed by atoms with van der Waals surface area (Å²) in [6, 6.07) is 19.7. The van der Waals surface area contributed by atoms with E-state index in [9.17, 15) is 10.2 Å². The molecule has 0 atom stereocenters. The summed E-state index contributed by atoms with van der Waals surface area (Å²) in [6.45, 7) is 0.250. The molecule has 0 fully saturated rings. The Morgan fingerprint density at radius 3 is 2.00 bits per heavy atom. The molecule has 0 amide bonds. The van der Waals surface area contributed by atoms with Gasteiger partial charge in [-0.05, 0) is 11.1 Å². The van der Waals surface area contributed by atoms with Crippen LogP contribution in [0.4, 0.5) is 0 Å². The molecule has 2 aromatic carbocycles. The molecule has 0 aliphatic carbocycles. The first-order chi connectivity index (χ1) is 10.3. The van der Waals surface area contributed by atoms with E-state index in [1.54, 1.807) is 0 Å². The lowest BCUT2D eigenvalue weighted by Gasteiger charge is -2.28. The number of nitrogens with one attached hydrogen (secondary N) is 1. The SMILES string of the molecule is OCC(/C=C/c1ccccc1)(CO)NCc1ccccc1. The van der Waals surface area contributed by atoms with Gasteiger partial charge in [0.2, 0.25) is 0 Å². The Bertz CT molecular complexity index is 548. The summed E-state index contributed by atoms with van der Waals surface area (Å²) in [5.74, 6) is 0. The van der Waals surface area contributed by atoms with E-state index in [2.05, 4.69) is 5.32 Å². The van der Waals surface area contributed by atoms with Crippen LogP contribution in [0.3, 0.4) is 0 Å². The van der Waals surface area contributed by atoms with Crippen molar-refractivity contribution in [1.29, 1.82) is 0 Å². The van der Waals surface area contributed by atoms with Crippen molar-refractivity contribution in [1.82, 2.24) is 5.32 Å². The van der Waals surface area contributed by atoms with Gasteiger partial charge in [-0.15, -0.1) is 0 Å². The zero-order chi connectivity index (χ0) is 15.0. The first kappa shape index (κ1) is 15.4. The van der Waals surface area contributed by atoms with Crippen molar-refractivity contribution in [2.75, 3.05) is 13.2 Å². The number of rotatable bonds is 7. The van der Waals surface area contributed by atoms with E-state index >= 15 is 0 Å². The van der Waals surface area contributed by atoms with E-state index in [4.69, 9.17) is 0 Å². The van der Waals surface area contributed by atoms with E-state index in [0.717, 1.165) is 11.1 Å². The summed E-state index contributed by atoms with van der Waals surface area (Å²) in [5.41, 5.74) is 1.31. The summed E-state index contributed by atoms with van der Waals surface area (Å²) in [7, 11) is 0. The van der Waals surface area contributed by atoms with E-state index in [1.165, 1.54) is 0 Å². The van der Waals surface area contributed by atoms with Crippen molar-refractivity contribution >= 4 is 6.08 Å². The van der Waals surface area contributed by atoms with Crippen LogP contribution in [-0.2, 0) is 6.54 Å². The standard InChI is InChI=1S/C18H21NO2/c20-14-18(15-21,12-11-16-7-3-1-4-8-16)19-13-17-9-5-2-6-10-17/h1-12,19-21H,13-15H2/b12-11+. The third-order valence-corrected chi connectivity index (χ3v) is 3.45. The molecule has 0 unspecified atom stereocenters. The van der Waals surface area contributed by atoms with Crippen LogP contribution in [0.5, 0.6) is 0 Å². The summed E-state index contributed by atoms with van der Waals surface area (Å²) in [6.07, 6.45) is 3.73. The van der Waals surface area contributed by atoms with Crippen LogP contribution in [0.2, 0.25) is 0 Å². The summed E-state index contributed by atoms with van der Waals surface area (Å²) in [4.78, 5) is 0. The monoisotopic (exact) mass is 283 g/mol. The molecule has 2 rings (SSSR count). The Labute approximate surface area is 125 Å². The molecule has 0 aliphatic heterocycles. The minimum atomic E-state index is -0.828. The van der Waals surface area contributed by atoms with Gasteiger partial charge in [-0.2, -0.15) is 0 Å². The zero-order valence-electron chi connectivity index (χ0n) is 11.9. The zero-order valence-corrected chi connectivity index (χ0v) is 11.9. The molecule has 0 bridgehead atoms. The Balaban J connectivity index is 2.07. The number of hydrogen-bond acceptors (Lipinski definition) is 3. The van der Waals surface area contributed by atoms with Crippen molar-refractivity contribution in [2.45, 2.75) is 12.1 Å². The van der Waals surface area contributed by atoms with E-state index < -0.39 is 5.54 Å². The smallest absolute Gasteiger partial charge is 0.0839 e. The molecule has 0 aliphatic rings. The Morgan fingerprint density at radius 2 is 1.43 bits per heavy atom. The fourth-order valence-corrected chi connectivity index (χ4v) is 2.02. The molecule has 0 aromatic heterocycles. The largest absolute Gasteiger partial charge is 0.394 e. The molecular formula is C18H21NO2. The lowest BCUT2D eigenvalue weighted by molar-refractivity contribution is 0.123. The van der Waals surface area contributed by atoms with Gasteiger partial charge in [0.15, 0.2) is 0 Å². The van der Waals surface area contributed by atoms with Crippen LogP contribution in [0.25, 0.3) is 6.08 Å². The highest BCUT2D eigenvalue weighted by atomic mass is 16.3. The summed E-state index contributed by atoms with van der Waals surface area (Å²) < 4.78 is 0. The average Bonchev–Trinajstić information content (AvgIpc) is 2.58. The van der Waals surface area contributed by atoms with Gasteiger partial charge in [-0.3, -0.25) is 5.32 Å². The minimum absolute atomic E-state index is 0.167. The van der Waals surface area contributed by atoms with Crippen molar-refractivity contribution in [3.05, 3.63) is 77.9 Å². The number of aliphatic hydroxyl groups excluding tert-OH is 2. The Hall–Kier alpha value is -1.94. The van der Waals surface area contributed by atoms with E-state index in [1.807, 2.05) is 72.8 Å².